The lowest BCUT2D eigenvalue weighted by Gasteiger charge is -2.22. The van der Waals surface area contributed by atoms with Crippen molar-refractivity contribution >= 4 is 0 Å². The minimum absolute atomic E-state index is 0.0470. The van der Waals surface area contributed by atoms with Crippen molar-refractivity contribution in [1.29, 1.82) is 0 Å². The van der Waals surface area contributed by atoms with Gasteiger partial charge < -0.3 is 14.6 Å². The molecule has 8 nitrogen and oxygen atoms in total. The molecule has 2 aromatic heterocycles. The monoisotopic (exact) mass is 499 g/mol. The van der Waals surface area contributed by atoms with E-state index < -0.39 is 0 Å². The number of methoxy groups -OCH3 is 2. The van der Waals surface area contributed by atoms with E-state index in [1.54, 1.807) is 59.9 Å². The van der Waals surface area contributed by atoms with Crippen LogP contribution in [0.4, 0.5) is 0 Å². The third-order valence-corrected chi connectivity index (χ3v) is 6.94. The summed E-state index contributed by atoms with van der Waals surface area (Å²) in [7, 11) is 3.10. The van der Waals surface area contributed by atoms with Gasteiger partial charge in [0.25, 0.3) is 11.1 Å². The molecule has 0 amide bonds. The Morgan fingerprint density at radius 2 is 1.59 bits per heavy atom. The van der Waals surface area contributed by atoms with Gasteiger partial charge >= 0.3 is 0 Å². The Morgan fingerprint density at radius 3 is 2.22 bits per heavy atom. The fraction of sp³-hybridized carbons (Fsp3) is 0.276. The first-order valence-electron chi connectivity index (χ1n) is 12.3. The number of para-hydroxylation sites is 1. The van der Waals surface area contributed by atoms with E-state index in [-0.39, 0.29) is 34.9 Å². The van der Waals surface area contributed by atoms with E-state index in [1.165, 1.54) is 6.07 Å². The molecule has 0 spiro atoms. The van der Waals surface area contributed by atoms with Crippen LogP contribution in [-0.2, 0) is 6.42 Å². The standard InChI is InChI=1S/C29H29N3O5/c1-36-23-10-7-11-24(37-2)26(23)32-27(20-8-3-4-9-20)30-28(34)22(29(32)35)18-19-13-15-21(16-14-19)31-17-6-5-12-25(31)33/h5-7,10-17,20,34H,3-4,8-9,18H2,1-2H3. The lowest BCUT2D eigenvalue weighted by Crippen LogP contribution is -2.29. The second-order valence-corrected chi connectivity index (χ2v) is 9.16. The summed E-state index contributed by atoms with van der Waals surface area (Å²) < 4.78 is 14.3. The third kappa shape index (κ3) is 4.62. The van der Waals surface area contributed by atoms with E-state index in [0.717, 1.165) is 31.2 Å². The predicted octanol–water partition coefficient (Wildman–Crippen LogP) is 4.35. The number of aromatic hydroxyl groups is 1. The summed E-state index contributed by atoms with van der Waals surface area (Å²) in [6.45, 7) is 0. The van der Waals surface area contributed by atoms with Crippen molar-refractivity contribution in [2.75, 3.05) is 14.2 Å². The van der Waals surface area contributed by atoms with Gasteiger partial charge in [-0.25, -0.2) is 0 Å². The fourth-order valence-electron chi connectivity index (χ4n) is 5.06. The SMILES string of the molecule is COc1cccc(OC)c1-n1c(C2CCCC2)nc(O)c(Cc2ccc(-n3ccccc3=O)cc2)c1=O. The van der Waals surface area contributed by atoms with Crippen LogP contribution in [0.5, 0.6) is 17.4 Å². The largest absolute Gasteiger partial charge is 0.494 e. The number of rotatable bonds is 7. The number of hydrogen-bond acceptors (Lipinski definition) is 6. The minimum Gasteiger partial charge on any atom is -0.494 e. The summed E-state index contributed by atoms with van der Waals surface area (Å²) >= 11 is 0. The van der Waals surface area contributed by atoms with Crippen LogP contribution in [-0.4, -0.2) is 33.4 Å². The third-order valence-electron chi connectivity index (χ3n) is 6.94. The Kier molecular flexibility index (Phi) is 6.81. The average Bonchev–Trinajstić information content (AvgIpc) is 3.46. The molecular formula is C29H29N3O5. The van der Waals surface area contributed by atoms with Gasteiger partial charge in [-0.2, -0.15) is 4.98 Å². The van der Waals surface area contributed by atoms with Gasteiger partial charge in [-0.05, 0) is 48.7 Å². The Morgan fingerprint density at radius 1 is 0.919 bits per heavy atom. The molecule has 2 aromatic carbocycles. The summed E-state index contributed by atoms with van der Waals surface area (Å²) in [5.41, 5.74) is 1.68. The lowest BCUT2D eigenvalue weighted by molar-refractivity contribution is 0.386. The molecule has 5 rings (SSSR count). The van der Waals surface area contributed by atoms with Crippen molar-refractivity contribution in [3.8, 4) is 28.8 Å². The molecule has 37 heavy (non-hydrogen) atoms. The highest BCUT2D eigenvalue weighted by Gasteiger charge is 2.29. The molecule has 0 bridgehead atoms. The van der Waals surface area contributed by atoms with E-state index in [2.05, 4.69) is 4.98 Å². The zero-order chi connectivity index (χ0) is 25.9. The van der Waals surface area contributed by atoms with E-state index in [0.29, 0.717) is 28.7 Å². The zero-order valence-electron chi connectivity index (χ0n) is 20.9. The molecular weight excluding hydrogens is 470 g/mol. The number of pyridine rings is 1. The quantitative estimate of drug-likeness (QED) is 0.406. The van der Waals surface area contributed by atoms with Crippen LogP contribution >= 0.6 is 0 Å². The highest BCUT2D eigenvalue weighted by Crippen LogP contribution is 2.38. The summed E-state index contributed by atoms with van der Waals surface area (Å²) in [6.07, 6.45) is 5.75. The highest BCUT2D eigenvalue weighted by molar-refractivity contribution is 5.58. The van der Waals surface area contributed by atoms with E-state index in [9.17, 15) is 14.7 Å². The molecule has 0 unspecified atom stereocenters. The molecule has 190 valence electrons. The average molecular weight is 500 g/mol. The number of aromatic nitrogens is 3. The van der Waals surface area contributed by atoms with Crippen LogP contribution in [0.25, 0.3) is 11.4 Å². The van der Waals surface area contributed by atoms with Crippen molar-refractivity contribution in [1.82, 2.24) is 14.1 Å². The van der Waals surface area contributed by atoms with Crippen LogP contribution in [0.3, 0.4) is 0 Å². The number of nitrogens with zero attached hydrogens (tertiary/aromatic N) is 3. The first-order chi connectivity index (χ1) is 18.0. The smallest absolute Gasteiger partial charge is 0.265 e. The van der Waals surface area contributed by atoms with Crippen LogP contribution in [0, 0.1) is 0 Å². The van der Waals surface area contributed by atoms with Gasteiger partial charge in [-0.3, -0.25) is 18.7 Å². The predicted molar refractivity (Wildman–Crippen MR) is 141 cm³/mol. The van der Waals surface area contributed by atoms with Crippen molar-refractivity contribution in [2.45, 2.75) is 38.0 Å². The van der Waals surface area contributed by atoms with E-state index >= 15 is 0 Å². The van der Waals surface area contributed by atoms with Crippen LogP contribution in [0.1, 0.15) is 48.6 Å². The van der Waals surface area contributed by atoms with Crippen molar-refractivity contribution < 1.29 is 14.6 Å². The van der Waals surface area contributed by atoms with Gasteiger partial charge in [0.05, 0.1) is 19.8 Å². The highest BCUT2D eigenvalue weighted by atomic mass is 16.5. The van der Waals surface area contributed by atoms with Gasteiger partial charge in [0.2, 0.25) is 5.88 Å². The van der Waals surface area contributed by atoms with Crippen molar-refractivity contribution in [2.24, 2.45) is 0 Å². The van der Waals surface area contributed by atoms with Crippen LogP contribution < -0.4 is 20.6 Å². The Balaban J connectivity index is 1.62. The second kappa shape index (κ2) is 10.3. The maximum absolute atomic E-state index is 14.0. The molecule has 1 N–H and O–H groups in total. The van der Waals surface area contributed by atoms with Crippen LogP contribution in [0.15, 0.2) is 76.4 Å². The Labute approximate surface area is 214 Å². The van der Waals surface area contributed by atoms with E-state index in [1.807, 2.05) is 24.3 Å². The topological polar surface area (TPSA) is 95.6 Å². The van der Waals surface area contributed by atoms with Gasteiger partial charge in [0.15, 0.2) is 0 Å². The molecule has 4 aromatic rings. The fourth-order valence-corrected chi connectivity index (χ4v) is 5.06. The molecule has 0 atom stereocenters. The maximum atomic E-state index is 14.0. The molecule has 0 aliphatic heterocycles. The molecule has 1 fully saturated rings. The molecule has 8 heteroatoms. The molecule has 0 radical (unpaired) electrons. The Bertz CT molecular complexity index is 1510. The molecule has 1 aliphatic carbocycles. The second-order valence-electron chi connectivity index (χ2n) is 9.16. The molecule has 0 saturated heterocycles. The van der Waals surface area contributed by atoms with E-state index in [4.69, 9.17) is 9.47 Å². The first-order valence-corrected chi connectivity index (χ1v) is 12.3. The van der Waals surface area contributed by atoms with Gasteiger partial charge in [-0.15, -0.1) is 0 Å². The molecule has 1 saturated carbocycles. The normalized spacial score (nSPS) is 13.6. The summed E-state index contributed by atoms with van der Waals surface area (Å²) in [4.78, 5) is 30.8. The van der Waals surface area contributed by atoms with Gasteiger partial charge in [0, 0.05) is 30.3 Å². The zero-order valence-corrected chi connectivity index (χ0v) is 20.9. The lowest BCUT2D eigenvalue weighted by atomic mass is 10.0. The summed E-state index contributed by atoms with van der Waals surface area (Å²) in [6, 6.07) is 17.7. The van der Waals surface area contributed by atoms with Gasteiger partial charge in [-0.1, -0.05) is 37.1 Å². The number of hydrogen-bond donors (Lipinski definition) is 1. The minimum atomic E-state index is -0.361. The molecule has 1 aliphatic rings. The van der Waals surface area contributed by atoms with Crippen molar-refractivity contribution in [3.63, 3.8) is 0 Å². The number of benzene rings is 2. The maximum Gasteiger partial charge on any atom is 0.265 e. The summed E-state index contributed by atoms with van der Waals surface area (Å²) in [5.74, 6) is 1.27. The summed E-state index contributed by atoms with van der Waals surface area (Å²) in [5, 5.41) is 11.0. The molecule has 2 heterocycles. The van der Waals surface area contributed by atoms with Crippen molar-refractivity contribution in [3.05, 3.63) is 105 Å². The first kappa shape index (κ1) is 24.4. The van der Waals surface area contributed by atoms with Crippen LogP contribution in [0.2, 0.25) is 0 Å². The van der Waals surface area contributed by atoms with Gasteiger partial charge in [0.1, 0.15) is 23.0 Å². The Hall–Kier alpha value is -4.33. The number of ether oxygens (including phenoxy) is 2.